The van der Waals surface area contributed by atoms with Crippen molar-refractivity contribution in [3.05, 3.63) is 93.6 Å². The number of rotatable bonds is 10. The van der Waals surface area contributed by atoms with Crippen LogP contribution in [-0.4, -0.2) is 39.1 Å². The Morgan fingerprint density at radius 3 is 2.46 bits per heavy atom. The molecule has 0 aliphatic carbocycles. The largest absolute Gasteiger partial charge is 0.490 e. The Bertz CT molecular complexity index is 1140. The molecule has 0 N–H and O–H groups in total. The maximum Gasteiger partial charge on any atom is 0.165 e. The summed E-state index contributed by atoms with van der Waals surface area (Å²) in [6, 6.07) is 20.8. The predicted molar refractivity (Wildman–Crippen MR) is 152 cm³/mol. The predicted octanol–water partition coefficient (Wildman–Crippen LogP) is 6.58. The first kappa shape index (κ1) is 25.3. The fourth-order valence-corrected chi connectivity index (χ4v) is 4.31. The van der Waals surface area contributed by atoms with E-state index in [-0.39, 0.29) is 0 Å². The van der Waals surface area contributed by atoms with Crippen molar-refractivity contribution in [1.82, 2.24) is 0 Å². The Labute approximate surface area is 221 Å². The molecular formula is C29H31IN2O3. The summed E-state index contributed by atoms with van der Waals surface area (Å²) in [4.78, 5) is 7.04. The lowest BCUT2D eigenvalue weighted by atomic mass is 10.1. The first-order valence-corrected chi connectivity index (χ1v) is 13.0. The summed E-state index contributed by atoms with van der Waals surface area (Å²) >= 11 is 2.31. The molecule has 3 aromatic carbocycles. The number of nitrogens with zero attached hydrogens (tertiary/aromatic N) is 2. The number of ether oxygens (including phenoxy) is 3. The van der Waals surface area contributed by atoms with Crippen LogP contribution in [0.1, 0.15) is 23.6 Å². The number of halogens is 1. The van der Waals surface area contributed by atoms with Gasteiger partial charge < -0.3 is 19.1 Å². The summed E-state index contributed by atoms with van der Waals surface area (Å²) in [6.07, 6.45) is 4.44. The highest BCUT2D eigenvalue weighted by Gasteiger charge is 2.14. The van der Waals surface area contributed by atoms with Crippen LogP contribution < -0.4 is 14.4 Å². The third-order valence-corrected chi connectivity index (χ3v) is 6.42. The van der Waals surface area contributed by atoms with E-state index in [1.54, 1.807) is 0 Å². The highest BCUT2D eigenvalue weighted by Crippen LogP contribution is 2.34. The molecule has 0 unspecified atom stereocenters. The SMILES string of the molecule is C=CCc1cc(C=Nc2ccc(N3CCOCC3)cc2)cc(OCC)c1OCc1ccc(I)cc1. The van der Waals surface area contributed by atoms with Crippen LogP contribution in [0.25, 0.3) is 0 Å². The van der Waals surface area contributed by atoms with E-state index in [9.17, 15) is 0 Å². The third-order valence-electron chi connectivity index (χ3n) is 5.70. The number of allylic oxidation sites excluding steroid dienone is 1. The zero-order chi connectivity index (χ0) is 24.5. The van der Waals surface area contributed by atoms with E-state index in [1.165, 1.54) is 9.26 Å². The highest BCUT2D eigenvalue weighted by atomic mass is 127. The molecule has 0 bridgehead atoms. The second-order valence-electron chi connectivity index (χ2n) is 8.22. The molecule has 1 aliphatic rings. The van der Waals surface area contributed by atoms with Gasteiger partial charge in [-0.25, -0.2) is 0 Å². The van der Waals surface area contributed by atoms with Crippen LogP contribution in [-0.2, 0) is 17.8 Å². The van der Waals surface area contributed by atoms with E-state index in [1.807, 2.05) is 37.4 Å². The Morgan fingerprint density at radius 2 is 1.77 bits per heavy atom. The summed E-state index contributed by atoms with van der Waals surface area (Å²) in [5.41, 5.74) is 5.21. The van der Waals surface area contributed by atoms with Crippen LogP contribution in [0.4, 0.5) is 11.4 Å². The Morgan fingerprint density at radius 1 is 1.03 bits per heavy atom. The van der Waals surface area contributed by atoms with Crippen molar-refractivity contribution >= 4 is 40.2 Å². The normalized spacial score (nSPS) is 13.7. The lowest BCUT2D eigenvalue weighted by Gasteiger charge is -2.28. The fraction of sp³-hybridized carbons (Fsp3) is 0.276. The van der Waals surface area contributed by atoms with E-state index in [2.05, 4.69) is 76.5 Å². The minimum absolute atomic E-state index is 0.476. The van der Waals surface area contributed by atoms with Gasteiger partial charge in [0.2, 0.25) is 0 Å². The van der Waals surface area contributed by atoms with Gasteiger partial charge in [-0.15, -0.1) is 6.58 Å². The second-order valence-corrected chi connectivity index (χ2v) is 9.47. The average Bonchev–Trinajstić information content (AvgIpc) is 2.89. The molecular weight excluding hydrogens is 551 g/mol. The number of hydrogen-bond donors (Lipinski definition) is 0. The van der Waals surface area contributed by atoms with Crippen molar-refractivity contribution in [2.24, 2.45) is 4.99 Å². The van der Waals surface area contributed by atoms with E-state index in [0.29, 0.717) is 19.6 Å². The molecule has 0 spiro atoms. The zero-order valence-corrected chi connectivity index (χ0v) is 22.2. The summed E-state index contributed by atoms with van der Waals surface area (Å²) in [5.74, 6) is 1.48. The van der Waals surface area contributed by atoms with Crippen molar-refractivity contribution in [1.29, 1.82) is 0 Å². The molecule has 3 aromatic rings. The Hall–Kier alpha value is -2.84. The molecule has 1 saturated heterocycles. The van der Waals surface area contributed by atoms with Gasteiger partial charge in [0.05, 0.1) is 25.5 Å². The monoisotopic (exact) mass is 582 g/mol. The standard InChI is InChI=1S/C29H31IN2O3/c1-3-5-24-18-23(20-31-26-10-12-27(13-11-26)32-14-16-33-17-15-32)19-28(34-4-2)29(24)35-21-22-6-8-25(30)9-7-22/h3,6-13,18-20H,1,4-5,14-17,21H2,2H3. The van der Waals surface area contributed by atoms with E-state index in [4.69, 9.17) is 19.2 Å². The van der Waals surface area contributed by atoms with Gasteiger partial charge in [-0.05, 0) is 95.6 Å². The zero-order valence-electron chi connectivity index (χ0n) is 20.1. The molecule has 4 rings (SSSR count). The quantitative estimate of drug-likeness (QED) is 0.154. The number of anilines is 1. The number of aliphatic imine (C=N–C) groups is 1. The molecule has 0 aromatic heterocycles. The van der Waals surface area contributed by atoms with E-state index >= 15 is 0 Å². The van der Waals surface area contributed by atoms with Crippen LogP contribution in [0.15, 0.2) is 78.3 Å². The Balaban J connectivity index is 1.53. The van der Waals surface area contributed by atoms with Crippen LogP contribution in [0.5, 0.6) is 11.5 Å². The van der Waals surface area contributed by atoms with Gasteiger partial charge in [0.25, 0.3) is 0 Å². The van der Waals surface area contributed by atoms with Gasteiger partial charge in [-0.2, -0.15) is 0 Å². The molecule has 182 valence electrons. The summed E-state index contributed by atoms with van der Waals surface area (Å²) in [7, 11) is 0. The number of benzene rings is 3. The van der Waals surface area contributed by atoms with Crippen LogP contribution in [0.2, 0.25) is 0 Å². The first-order chi connectivity index (χ1) is 17.2. The number of morpholine rings is 1. The molecule has 5 nitrogen and oxygen atoms in total. The lowest BCUT2D eigenvalue weighted by Crippen LogP contribution is -2.36. The van der Waals surface area contributed by atoms with Crippen LogP contribution >= 0.6 is 22.6 Å². The molecule has 1 fully saturated rings. The van der Waals surface area contributed by atoms with Gasteiger partial charge in [0.1, 0.15) is 6.61 Å². The van der Waals surface area contributed by atoms with Gasteiger partial charge in [-0.3, -0.25) is 4.99 Å². The average molecular weight is 582 g/mol. The molecule has 6 heteroatoms. The molecule has 0 radical (unpaired) electrons. The first-order valence-electron chi connectivity index (χ1n) is 11.9. The number of hydrogen-bond acceptors (Lipinski definition) is 5. The van der Waals surface area contributed by atoms with E-state index in [0.717, 1.165) is 60.2 Å². The van der Waals surface area contributed by atoms with Gasteiger partial charge in [0, 0.05) is 34.1 Å². The van der Waals surface area contributed by atoms with Crippen LogP contribution in [0, 0.1) is 3.57 Å². The second kappa shape index (κ2) is 12.7. The maximum atomic E-state index is 6.25. The van der Waals surface area contributed by atoms with Gasteiger partial charge in [-0.1, -0.05) is 18.2 Å². The van der Waals surface area contributed by atoms with Crippen molar-refractivity contribution in [2.45, 2.75) is 20.0 Å². The van der Waals surface area contributed by atoms with Gasteiger partial charge >= 0.3 is 0 Å². The smallest absolute Gasteiger partial charge is 0.165 e. The molecule has 0 atom stereocenters. The topological polar surface area (TPSA) is 43.3 Å². The van der Waals surface area contributed by atoms with Crippen molar-refractivity contribution < 1.29 is 14.2 Å². The molecule has 0 saturated carbocycles. The molecule has 1 aliphatic heterocycles. The maximum absolute atomic E-state index is 6.25. The third kappa shape index (κ3) is 7.08. The minimum Gasteiger partial charge on any atom is -0.490 e. The van der Waals surface area contributed by atoms with Crippen molar-refractivity contribution in [3.63, 3.8) is 0 Å². The highest BCUT2D eigenvalue weighted by molar-refractivity contribution is 14.1. The van der Waals surface area contributed by atoms with Crippen LogP contribution in [0.3, 0.4) is 0 Å². The fourth-order valence-electron chi connectivity index (χ4n) is 3.95. The summed E-state index contributed by atoms with van der Waals surface area (Å²) in [6.45, 7) is 10.3. The molecule has 35 heavy (non-hydrogen) atoms. The summed E-state index contributed by atoms with van der Waals surface area (Å²) in [5, 5.41) is 0. The Kier molecular flexibility index (Phi) is 9.20. The van der Waals surface area contributed by atoms with Gasteiger partial charge in [0.15, 0.2) is 11.5 Å². The van der Waals surface area contributed by atoms with Crippen molar-refractivity contribution in [2.75, 3.05) is 37.8 Å². The molecule has 0 amide bonds. The van der Waals surface area contributed by atoms with Crippen molar-refractivity contribution in [3.8, 4) is 11.5 Å². The minimum atomic E-state index is 0.476. The lowest BCUT2D eigenvalue weighted by molar-refractivity contribution is 0.122. The van der Waals surface area contributed by atoms with E-state index < -0.39 is 0 Å². The summed E-state index contributed by atoms with van der Waals surface area (Å²) < 4.78 is 18.9. The molecule has 1 heterocycles.